The Bertz CT molecular complexity index is 1280. The highest BCUT2D eigenvalue weighted by atomic mass is 35.5. The van der Waals surface area contributed by atoms with Gasteiger partial charge in [-0.2, -0.15) is 0 Å². The summed E-state index contributed by atoms with van der Waals surface area (Å²) >= 11 is 7.59. The highest BCUT2D eigenvalue weighted by Gasteiger charge is 2.41. The molecule has 2 aliphatic rings. The van der Waals surface area contributed by atoms with E-state index < -0.39 is 48.6 Å². The number of rotatable bonds is 7. The topological polar surface area (TPSA) is 104 Å². The van der Waals surface area contributed by atoms with E-state index in [1.54, 1.807) is 11.6 Å². The van der Waals surface area contributed by atoms with Crippen LogP contribution in [0.4, 0.5) is 13.2 Å². The lowest BCUT2D eigenvalue weighted by Gasteiger charge is -2.38. The number of aliphatic imine (C=N–C) groups is 1. The minimum Gasteiger partial charge on any atom is -0.478 e. The van der Waals surface area contributed by atoms with Gasteiger partial charge in [-0.3, -0.25) is 9.89 Å². The van der Waals surface area contributed by atoms with Gasteiger partial charge in [0.25, 0.3) is 5.92 Å². The third-order valence-corrected chi connectivity index (χ3v) is 6.93. The molecule has 4 rings (SSSR count). The zero-order chi connectivity index (χ0) is 26.7. The van der Waals surface area contributed by atoms with E-state index in [9.17, 15) is 22.8 Å². The van der Waals surface area contributed by atoms with Crippen LogP contribution in [0.25, 0.3) is 0 Å². The van der Waals surface area contributed by atoms with E-state index in [-0.39, 0.29) is 35.2 Å². The first-order valence-electron chi connectivity index (χ1n) is 11.1. The molecule has 3 heterocycles. The highest BCUT2D eigenvalue weighted by molar-refractivity contribution is 7.11. The maximum absolute atomic E-state index is 14.6. The molecule has 196 valence electrons. The molecule has 0 aliphatic carbocycles. The number of ether oxygens (including phenoxy) is 1. The Morgan fingerprint density at radius 2 is 2.19 bits per heavy atom. The van der Waals surface area contributed by atoms with Crippen LogP contribution in [0.2, 0.25) is 5.02 Å². The number of methoxy groups -OCH3 is 1. The number of carbonyl (C=O) groups is 2. The number of aromatic nitrogens is 1. The predicted octanol–water partition coefficient (Wildman–Crippen LogP) is 4.05. The minimum absolute atomic E-state index is 0.0262. The third-order valence-electron chi connectivity index (χ3n) is 5.82. The zero-order valence-corrected chi connectivity index (χ0v) is 21.0. The fourth-order valence-electron chi connectivity index (χ4n) is 4.40. The molecule has 37 heavy (non-hydrogen) atoms. The van der Waals surface area contributed by atoms with Crippen LogP contribution < -0.4 is 5.32 Å². The van der Waals surface area contributed by atoms with E-state index >= 15 is 0 Å². The number of nitrogens with zero attached hydrogens (tertiary/aromatic N) is 3. The number of alkyl halides is 2. The number of carboxylic acid groups (broad SMARTS) is 1. The molecule has 0 saturated carbocycles. The second-order valence-corrected chi connectivity index (χ2v) is 9.88. The summed E-state index contributed by atoms with van der Waals surface area (Å²) in [6.07, 6.45) is 3.16. The van der Waals surface area contributed by atoms with Crippen molar-refractivity contribution in [2.24, 2.45) is 10.9 Å². The number of carbonyl (C=O) groups excluding carboxylic acids is 1. The number of nitrogens with one attached hydrogen (secondary N) is 1. The van der Waals surface area contributed by atoms with Gasteiger partial charge in [0, 0.05) is 53.4 Å². The van der Waals surface area contributed by atoms with Gasteiger partial charge in [0.15, 0.2) is 10.8 Å². The second-order valence-electron chi connectivity index (χ2n) is 8.58. The number of halogens is 4. The van der Waals surface area contributed by atoms with Gasteiger partial charge in [-0.25, -0.2) is 27.7 Å². The van der Waals surface area contributed by atoms with E-state index in [0.29, 0.717) is 10.6 Å². The summed E-state index contributed by atoms with van der Waals surface area (Å²) in [7, 11) is 1.18. The molecule has 0 spiro atoms. The Labute approximate surface area is 219 Å². The van der Waals surface area contributed by atoms with Crippen LogP contribution in [0.3, 0.4) is 0 Å². The smallest absolute Gasteiger partial charge is 0.338 e. The van der Waals surface area contributed by atoms with Crippen LogP contribution in [0, 0.1) is 11.7 Å². The number of likely N-dealkylation sites (tertiary alicyclic amines) is 1. The maximum Gasteiger partial charge on any atom is 0.338 e. The van der Waals surface area contributed by atoms with E-state index in [1.807, 2.05) is 0 Å². The minimum atomic E-state index is -3.09. The largest absolute Gasteiger partial charge is 0.478 e. The maximum atomic E-state index is 14.6. The second kappa shape index (κ2) is 11.0. The summed E-state index contributed by atoms with van der Waals surface area (Å²) in [6, 6.07) is 2.65. The lowest BCUT2D eigenvalue weighted by Crippen LogP contribution is -2.49. The van der Waals surface area contributed by atoms with Crippen molar-refractivity contribution in [1.29, 1.82) is 0 Å². The molecule has 0 amide bonds. The molecule has 2 aliphatic heterocycles. The number of amidine groups is 1. The summed E-state index contributed by atoms with van der Waals surface area (Å²) in [5, 5.41) is 14.2. The van der Waals surface area contributed by atoms with Crippen molar-refractivity contribution in [2.45, 2.75) is 18.4 Å². The van der Waals surface area contributed by atoms with Crippen LogP contribution in [0.15, 0.2) is 58.2 Å². The zero-order valence-electron chi connectivity index (χ0n) is 19.5. The fraction of sp³-hybridized carbons (Fsp3) is 0.333. The molecule has 1 aromatic carbocycles. The molecule has 1 fully saturated rings. The van der Waals surface area contributed by atoms with Crippen LogP contribution in [0.5, 0.6) is 0 Å². The molecule has 0 bridgehead atoms. The van der Waals surface area contributed by atoms with Crippen LogP contribution in [-0.2, 0) is 14.3 Å². The lowest BCUT2D eigenvalue weighted by atomic mass is 9.92. The summed E-state index contributed by atoms with van der Waals surface area (Å²) < 4.78 is 48.0. The summed E-state index contributed by atoms with van der Waals surface area (Å²) in [6.45, 7) is -0.600. The normalized spacial score (nSPS) is 22.0. The molecule has 1 aromatic heterocycles. The Morgan fingerprint density at radius 1 is 1.41 bits per heavy atom. The SMILES string of the molecule is COC(=O)C1=C(CN2CC(/C=C/C(=O)O)CC(F)(F)C2)NC(c2nccs2)=N[C@H]1c1ccc(F)cc1Cl. The Morgan fingerprint density at radius 3 is 2.84 bits per heavy atom. The van der Waals surface area contributed by atoms with Gasteiger partial charge in [0.2, 0.25) is 0 Å². The van der Waals surface area contributed by atoms with Gasteiger partial charge in [-0.15, -0.1) is 11.3 Å². The van der Waals surface area contributed by atoms with Gasteiger partial charge in [-0.1, -0.05) is 23.7 Å². The predicted molar refractivity (Wildman–Crippen MR) is 131 cm³/mol. The number of thiazole rings is 1. The number of aliphatic carboxylic acids is 1. The van der Waals surface area contributed by atoms with E-state index in [0.717, 1.165) is 12.1 Å². The number of hydrogen-bond donors (Lipinski definition) is 2. The standard InChI is InChI=1S/C24H22ClF3N4O4S/c1-36-23(35)19-17(11-32-10-13(2-5-18(33)34)9-24(27,28)12-32)30-21(22-29-6-7-37-22)31-20(19)15-4-3-14(26)8-16(15)25/h2-8,13,20H,9-12H2,1H3,(H,30,31)(H,33,34)/b5-2+/t13?,20-/m0/s1. The first-order valence-corrected chi connectivity index (χ1v) is 12.3. The van der Waals surface area contributed by atoms with Gasteiger partial charge in [-0.05, 0) is 18.1 Å². The van der Waals surface area contributed by atoms with Gasteiger partial charge >= 0.3 is 11.9 Å². The van der Waals surface area contributed by atoms with Crippen LogP contribution >= 0.6 is 22.9 Å². The van der Waals surface area contributed by atoms with E-state index in [4.69, 9.17) is 21.4 Å². The van der Waals surface area contributed by atoms with Crippen molar-refractivity contribution < 1.29 is 32.6 Å². The molecule has 2 aromatic rings. The number of benzene rings is 1. The number of esters is 1. The Hall–Kier alpha value is -3.22. The molecule has 8 nitrogen and oxygen atoms in total. The quantitative estimate of drug-likeness (QED) is 0.393. The first kappa shape index (κ1) is 26.8. The molecular formula is C24H22ClF3N4O4S. The van der Waals surface area contributed by atoms with Gasteiger partial charge in [0.05, 0.1) is 19.2 Å². The lowest BCUT2D eigenvalue weighted by molar-refractivity contribution is -0.136. The molecule has 0 radical (unpaired) electrons. The van der Waals surface area contributed by atoms with Crippen molar-refractivity contribution in [1.82, 2.24) is 15.2 Å². The van der Waals surface area contributed by atoms with Crippen LogP contribution in [-0.4, -0.2) is 65.4 Å². The van der Waals surface area contributed by atoms with Crippen LogP contribution in [0.1, 0.15) is 23.0 Å². The van der Waals surface area contributed by atoms with E-state index in [1.165, 1.54) is 41.6 Å². The van der Waals surface area contributed by atoms with Gasteiger partial charge in [0.1, 0.15) is 11.9 Å². The van der Waals surface area contributed by atoms with Crippen molar-refractivity contribution in [3.8, 4) is 0 Å². The molecule has 13 heteroatoms. The molecular weight excluding hydrogens is 533 g/mol. The first-order chi connectivity index (χ1) is 17.6. The van der Waals surface area contributed by atoms with Crippen molar-refractivity contribution in [3.63, 3.8) is 0 Å². The van der Waals surface area contributed by atoms with Crippen molar-refractivity contribution >= 4 is 40.7 Å². The van der Waals surface area contributed by atoms with Crippen molar-refractivity contribution in [3.05, 3.63) is 74.6 Å². The molecule has 1 unspecified atom stereocenters. The Kier molecular flexibility index (Phi) is 8.00. The summed E-state index contributed by atoms with van der Waals surface area (Å²) in [5.41, 5.74) is 0.599. The fourth-order valence-corrected chi connectivity index (χ4v) is 5.25. The third kappa shape index (κ3) is 6.38. The summed E-state index contributed by atoms with van der Waals surface area (Å²) in [5.74, 6) is -6.09. The monoisotopic (exact) mass is 554 g/mol. The Balaban J connectivity index is 1.77. The van der Waals surface area contributed by atoms with Gasteiger partial charge < -0.3 is 15.2 Å². The van der Waals surface area contributed by atoms with Crippen molar-refractivity contribution in [2.75, 3.05) is 26.7 Å². The number of piperidine rings is 1. The number of carboxylic acids is 1. The number of hydrogen-bond acceptors (Lipinski definition) is 8. The van der Waals surface area contributed by atoms with E-state index in [2.05, 4.69) is 15.3 Å². The highest BCUT2D eigenvalue weighted by Crippen LogP contribution is 2.38. The average Bonchev–Trinajstić information content (AvgIpc) is 3.36. The molecule has 2 N–H and O–H groups in total. The molecule has 2 atom stereocenters. The summed E-state index contributed by atoms with van der Waals surface area (Å²) in [4.78, 5) is 34.2. The average molecular weight is 555 g/mol. The molecule has 1 saturated heterocycles.